The minimum atomic E-state index is -0.371. The second kappa shape index (κ2) is 6.71. The number of aromatic nitrogens is 2. The maximum atomic E-state index is 6.29. The van der Waals surface area contributed by atoms with Gasteiger partial charge in [-0.2, -0.15) is 0 Å². The summed E-state index contributed by atoms with van der Waals surface area (Å²) in [5.74, 6) is 1.04. The zero-order valence-electron chi connectivity index (χ0n) is 12.4. The highest BCUT2D eigenvalue weighted by molar-refractivity contribution is 9.10. The van der Waals surface area contributed by atoms with Crippen LogP contribution in [0.25, 0.3) is 0 Å². The van der Waals surface area contributed by atoms with Crippen LogP contribution in [0.5, 0.6) is 0 Å². The first-order valence-corrected chi connectivity index (χ1v) is 8.46. The minimum Gasteiger partial charge on any atom is -0.370 e. The molecule has 1 heterocycles. The van der Waals surface area contributed by atoms with Crippen molar-refractivity contribution in [2.75, 3.05) is 7.11 Å². The fraction of sp³-hybridized carbons (Fsp3) is 0.733. The van der Waals surface area contributed by atoms with Crippen LogP contribution in [0.2, 0.25) is 5.15 Å². The van der Waals surface area contributed by atoms with E-state index in [0.29, 0.717) is 11.1 Å². The van der Waals surface area contributed by atoms with E-state index in [2.05, 4.69) is 34.8 Å². The average Bonchev–Trinajstić information content (AvgIpc) is 2.67. The summed E-state index contributed by atoms with van der Waals surface area (Å²) in [7, 11) is 1.76. The number of ether oxygens (including phenoxy) is 1. The van der Waals surface area contributed by atoms with Gasteiger partial charge in [0, 0.05) is 7.11 Å². The Kier molecular flexibility index (Phi) is 5.43. The first-order valence-electron chi connectivity index (χ1n) is 7.29. The van der Waals surface area contributed by atoms with Gasteiger partial charge in [-0.1, -0.05) is 51.1 Å². The van der Waals surface area contributed by atoms with Crippen molar-refractivity contribution in [1.82, 2.24) is 9.97 Å². The lowest BCUT2D eigenvalue weighted by Crippen LogP contribution is -2.31. The SMILES string of the molecule is COC1(c2nc(Cl)c(Br)c(C(C)C)n2)CCCCCC1. The third-order valence-electron chi connectivity index (χ3n) is 4.09. The van der Waals surface area contributed by atoms with Crippen LogP contribution in [0.15, 0.2) is 4.47 Å². The van der Waals surface area contributed by atoms with Crippen LogP contribution in [0, 0.1) is 0 Å². The van der Waals surface area contributed by atoms with E-state index < -0.39 is 0 Å². The highest BCUT2D eigenvalue weighted by Crippen LogP contribution is 2.39. The van der Waals surface area contributed by atoms with E-state index in [1.807, 2.05) is 0 Å². The molecule has 0 unspecified atom stereocenters. The van der Waals surface area contributed by atoms with Crippen LogP contribution >= 0.6 is 27.5 Å². The molecule has 5 heteroatoms. The summed E-state index contributed by atoms with van der Waals surface area (Å²) in [6.07, 6.45) is 6.76. The molecule has 1 aliphatic carbocycles. The molecule has 1 aromatic rings. The molecule has 1 fully saturated rings. The Labute approximate surface area is 134 Å². The van der Waals surface area contributed by atoms with Gasteiger partial charge in [0.2, 0.25) is 0 Å². The van der Waals surface area contributed by atoms with E-state index in [4.69, 9.17) is 21.3 Å². The largest absolute Gasteiger partial charge is 0.370 e. The molecule has 112 valence electrons. The molecule has 20 heavy (non-hydrogen) atoms. The average molecular weight is 362 g/mol. The van der Waals surface area contributed by atoms with Gasteiger partial charge >= 0.3 is 0 Å². The van der Waals surface area contributed by atoms with Gasteiger partial charge in [-0.25, -0.2) is 9.97 Å². The molecular formula is C15H22BrClN2O. The van der Waals surface area contributed by atoms with E-state index in [1.165, 1.54) is 12.8 Å². The highest BCUT2D eigenvalue weighted by Gasteiger charge is 2.36. The molecule has 0 atom stereocenters. The number of rotatable bonds is 3. The predicted molar refractivity (Wildman–Crippen MR) is 85.2 cm³/mol. The molecule has 0 aromatic carbocycles. The van der Waals surface area contributed by atoms with Gasteiger partial charge in [0.05, 0.1) is 10.2 Å². The van der Waals surface area contributed by atoms with Gasteiger partial charge in [-0.15, -0.1) is 0 Å². The maximum Gasteiger partial charge on any atom is 0.162 e. The van der Waals surface area contributed by atoms with Gasteiger partial charge in [0.25, 0.3) is 0 Å². The zero-order valence-corrected chi connectivity index (χ0v) is 14.7. The summed E-state index contributed by atoms with van der Waals surface area (Å²) in [4.78, 5) is 9.28. The van der Waals surface area contributed by atoms with Crippen molar-refractivity contribution in [1.29, 1.82) is 0 Å². The van der Waals surface area contributed by atoms with Crippen LogP contribution in [-0.4, -0.2) is 17.1 Å². The Morgan fingerprint density at radius 1 is 1.15 bits per heavy atom. The highest BCUT2D eigenvalue weighted by atomic mass is 79.9. The van der Waals surface area contributed by atoms with Gasteiger partial charge < -0.3 is 4.74 Å². The Hall–Kier alpha value is -0.190. The lowest BCUT2D eigenvalue weighted by Gasteiger charge is -2.30. The number of methoxy groups -OCH3 is 1. The first-order chi connectivity index (χ1) is 9.50. The molecule has 0 saturated heterocycles. The second-order valence-electron chi connectivity index (χ2n) is 5.80. The summed E-state index contributed by atoms with van der Waals surface area (Å²) < 4.78 is 6.68. The molecule has 0 aliphatic heterocycles. The van der Waals surface area contributed by atoms with Crippen LogP contribution in [-0.2, 0) is 10.3 Å². The molecular weight excluding hydrogens is 340 g/mol. The maximum absolute atomic E-state index is 6.29. The molecule has 0 radical (unpaired) electrons. The molecule has 0 amide bonds. The lowest BCUT2D eigenvalue weighted by atomic mass is 9.92. The Morgan fingerprint density at radius 2 is 1.75 bits per heavy atom. The number of hydrogen-bond acceptors (Lipinski definition) is 3. The Bertz CT molecular complexity index is 471. The smallest absolute Gasteiger partial charge is 0.162 e. The molecule has 0 N–H and O–H groups in total. The van der Waals surface area contributed by atoms with Crippen molar-refractivity contribution in [3.8, 4) is 0 Å². The van der Waals surface area contributed by atoms with Crippen LogP contribution < -0.4 is 0 Å². The van der Waals surface area contributed by atoms with Gasteiger partial charge in [-0.05, 0) is 34.7 Å². The van der Waals surface area contributed by atoms with E-state index in [9.17, 15) is 0 Å². The number of nitrogens with zero attached hydrogens (tertiary/aromatic N) is 2. The van der Waals surface area contributed by atoms with Crippen molar-refractivity contribution in [3.05, 3.63) is 21.1 Å². The first kappa shape index (κ1) is 16.2. The summed E-state index contributed by atoms with van der Waals surface area (Å²) in [6, 6.07) is 0. The standard InChI is InChI=1S/C15H22BrClN2O/c1-10(2)12-11(16)13(17)19-14(18-12)15(20-3)8-6-4-5-7-9-15/h10H,4-9H2,1-3H3. The molecule has 2 rings (SSSR count). The van der Waals surface area contributed by atoms with Crippen molar-refractivity contribution >= 4 is 27.5 Å². The molecule has 3 nitrogen and oxygen atoms in total. The van der Waals surface area contributed by atoms with Crippen molar-refractivity contribution in [3.63, 3.8) is 0 Å². The second-order valence-corrected chi connectivity index (χ2v) is 6.96. The third-order valence-corrected chi connectivity index (χ3v) is 5.38. The fourth-order valence-corrected chi connectivity index (χ4v) is 3.65. The lowest BCUT2D eigenvalue weighted by molar-refractivity contribution is -0.0353. The zero-order chi connectivity index (χ0) is 14.8. The van der Waals surface area contributed by atoms with Crippen LogP contribution in [0.1, 0.15) is 69.8 Å². The topological polar surface area (TPSA) is 35.0 Å². The van der Waals surface area contributed by atoms with Crippen molar-refractivity contribution in [2.24, 2.45) is 0 Å². The fourth-order valence-electron chi connectivity index (χ4n) is 2.84. The Balaban J connectivity index is 2.48. The minimum absolute atomic E-state index is 0.295. The normalized spacial score (nSPS) is 19.1. The monoisotopic (exact) mass is 360 g/mol. The van der Waals surface area contributed by atoms with Gasteiger partial charge in [0.1, 0.15) is 10.8 Å². The quantitative estimate of drug-likeness (QED) is 0.547. The molecule has 0 bridgehead atoms. The predicted octanol–water partition coefficient (Wildman–Crippen LogP) is 5.21. The summed E-state index contributed by atoms with van der Waals surface area (Å²) >= 11 is 9.78. The molecule has 1 aromatic heterocycles. The molecule has 1 aliphatic rings. The Morgan fingerprint density at radius 3 is 2.25 bits per heavy atom. The van der Waals surface area contributed by atoms with Crippen LogP contribution in [0.4, 0.5) is 0 Å². The third kappa shape index (κ3) is 3.18. The van der Waals surface area contributed by atoms with Gasteiger partial charge in [0.15, 0.2) is 5.82 Å². The number of hydrogen-bond donors (Lipinski definition) is 0. The van der Waals surface area contributed by atoms with Gasteiger partial charge in [-0.3, -0.25) is 0 Å². The van der Waals surface area contributed by atoms with E-state index in [0.717, 1.165) is 41.7 Å². The summed E-state index contributed by atoms with van der Waals surface area (Å²) in [5.41, 5.74) is 0.588. The van der Waals surface area contributed by atoms with Crippen LogP contribution in [0.3, 0.4) is 0 Å². The summed E-state index contributed by atoms with van der Waals surface area (Å²) in [5, 5.41) is 0.486. The summed E-state index contributed by atoms with van der Waals surface area (Å²) in [6.45, 7) is 4.22. The van der Waals surface area contributed by atoms with Crippen molar-refractivity contribution < 1.29 is 4.74 Å². The van der Waals surface area contributed by atoms with E-state index in [-0.39, 0.29) is 5.60 Å². The number of halogens is 2. The molecule has 0 spiro atoms. The van der Waals surface area contributed by atoms with E-state index in [1.54, 1.807) is 7.11 Å². The van der Waals surface area contributed by atoms with E-state index >= 15 is 0 Å². The molecule has 1 saturated carbocycles. The van der Waals surface area contributed by atoms with Crippen molar-refractivity contribution in [2.45, 2.75) is 63.9 Å².